The van der Waals surface area contributed by atoms with Crippen LogP contribution in [0.4, 0.5) is 0 Å². The van der Waals surface area contributed by atoms with Crippen LogP contribution in [0.2, 0.25) is 10.0 Å². The van der Waals surface area contributed by atoms with Crippen LogP contribution in [0.15, 0.2) is 46.3 Å². The molecule has 11 heteroatoms. The molecule has 1 atom stereocenters. The molecular formula is C24H27Cl2N3O4S2. The first kappa shape index (κ1) is 26.3. The third-order valence-electron chi connectivity index (χ3n) is 6.04. The molecule has 7 nitrogen and oxygen atoms in total. The molecule has 1 amide bonds. The number of halogens is 2. The SMILES string of the molecule is CCOCCn1c(=NC(=O)c2ccc(S(=O)(=O)N3CCCCC3C)cc2)sc2ccc(Cl)c(Cl)c21. The van der Waals surface area contributed by atoms with Crippen molar-refractivity contribution in [1.29, 1.82) is 0 Å². The van der Waals surface area contributed by atoms with Gasteiger partial charge in [-0.3, -0.25) is 4.79 Å². The minimum Gasteiger partial charge on any atom is -0.380 e. The molecule has 1 aliphatic rings. The van der Waals surface area contributed by atoms with Gasteiger partial charge in [0.2, 0.25) is 10.0 Å². The summed E-state index contributed by atoms with van der Waals surface area (Å²) in [5.74, 6) is -0.473. The molecule has 1 unspecified atom stereocenters. The van der Waals surface area contributed by atoms with E-state index in [1.807, 2.05) is 24.5 Å². The van der Waals surface area contributed by atoms with Gasteiger partial charge >= 0.3 is 0 Å². The van der Waals surface area contributed by atoms with Crippen LogP contribution in [-0.2, 0) is 21.3 Å². The molecule has 188 valence electrons. The summed E-state index contributed by atoms with van der Waals surface area (Å²) in [6.07, 6.45) is 2.73. The minimum absolute atomic E-state index is 0.0366. The Morgan fingerprint density at radius 2 is 1.91 bits per heavy atom. The monoisotopic (exact) mass is 555 g/mol. The summed E-state index contributed by atoms with van der Waals surface area (Å²) >= 11 is 14.0. The molecule has 1 saturated heterocycles. The van der Waals surface area contributed by atoms with Crippen molar-refractivity contribution >= 4 is 60.7 Å². The summed E-state index contributed by atoms with van der Waals surface area (Å²) in [6.45, 7) is 5.79. The molecule has 2 heterocycles. The van der Waals surface area contributed by atoms with Gasteiger partial charge in [0.1, 0.15) is 0 Å². The van der Waals surface area contributed by atoms with Crippen LogP contribution in [0.25, 0.3) is 10.2 Å². The Morgan fingerprint density at radius 1 is 1.17 bits per heavy atom. The Labute approximate surface area is 219 Å². The lowest BCUT2D eigenvalue weighted by molar-refractivity contribution is 0.0996. The molecule has 0 bridgehead atoms. The highest BCUT2D eigenvalue weighted by Gasteiger charge is 2.31. The van der Waals surface area contributed by atoms with E-state index in [9.17, 15) is 13.2 Å². The molecule has 1 aliphatic heterocycles. The van der Waals surface area contributed by atoms with Crippen LogP contribution in [0.3, 0.4) is 0 Å². The van der Waals surface area contributed by atoms with Crippen molar-refractivity contribution in [2.75, 3.05) is 19.8 Å². The van der Waals surface area contributed by atoms with Crippen molar-refractivity contribution in [3.63, 3.8) is 0 Å². The maximum absolute atomic E-state index is 13.1. The molecule has 4 rings (SSSR count). The van der Waals surface area contributed by atoms with E-state index in [1.165, 1.54) is 35.6 Å². The molecule has 0 spiro atoms. The van der Waals surface area contributed by atoms with Crippen LogP contribution in [0, 0.1) is 0 Å². The average molecular weight is 557 g/mol. The maximum atomic E-state index is 13.1. The fourth-order valence-corrected chi connectivity index (χ4v) is 7.42. The topological polar surface area (TPSA) is 81.0 Å². The van der Waals surface area contributed by atoms with E-state index in [-0.39, 0.29) is 10.9 Å². The Morgan fingerprint density at radius 3 is 2.60 bits per heavy atom. The summed E-state index contributed by atoms with van der Waals surface area (Å²) in [5.41, 5.74) is 1.00. The number of carbonyl (C=O) groups is 1. The number of thiazole rings is 1. The molecule has 1 fully saturated rings. The van der Waals surface area contributed by atoms with E-state index in [1.54, 1.807) is 10.4 Å². The van der Waals surface area contributed by atoms with E-state index in [0.29, 0.717) is 52.2 Å². The molecule has 2 aromatic carbocycles. The second kappa shape index (κ2) is 11.1. The zero-order valence-electron chi connectivity index (χ0n) is 19.5. The van der Waals surface area contributed by atoms with Gasteiger partial charge in [0.25, 0.3) is 5.91 Å². The van der Waals surface area contributed by atoms with Gasteiger partial charge in [-0.25, -0.2) is 8.42 Å². The average Bonchev–Trinajstić information content (AvgIpc) is 3.19. The van der Waals surface area contributed by atoms with Crippen LogP contribution >= 0.6 is 34.5 Å². The molecule has 0 aliphatic carbocycles. The largest absolute Gasteiger partial charge is 0.380 e. The highest BCUT2D eigenvalue weighted by molar-refractivity contribution is 7.89. The maximum Gasteiger partial charge on any atom is 0.279 e. The highest BCUT2D eigenvalue weighted by Crippen LogP contribution is 2.32. The first-order valence-corrected chi connectivity index (χ1v) is 14.5. The number of hydrogen-bond donors (Lipinski definition) is 0. The van der Waals surface area contributed by atoms with Crippen molar-refractivity contribution in [2.45, 2.75) is 50.6 Å². The van der Waals surface area contributed by atoms with E-state index in [4.69, 9.17) is 27.9 Å². The number of amides is 1. The summed E-state index contributed by atoms with van der Waals surface area (Å²) in [6, 6.07) is 9.49. The molecule has 3 aromatic rings. The number of rotatable bonds is 7. The zero-order valence-corrected chi connectivity index (χ0v) is 22.7. The molecule has 0 radical (unpaired) electrons. The lowest BCUT2D eigenvalue weighted by Crippen LogP contribution is -2.41. The number of aromatic nitrogens is 1. The Kier molecular flexibility index (Phi) is 8.35. The summed E-state index contributed by atoms with van der Waals surface area (Å²) in [7, 11) is -3.61. The van der Waals surface area contributed by atoms with Crippen molar-refractivity contribution < 1.29 is 17.9 Å². The quantitative estimate of drug-likeness (QED) is 0.368. The van der Waals surface area contributed by atoms with E-state index in [0.717, 1.165) is 24.0 Å². The normalized spacial score (nSPS) is 17.8. The molecular weight excluding hydrogens is 529 g/mol. The predicted octanol–water partition coefficient (Wildman–Crippen LogP) is 5.35. The van der Waals surface area contributed by atoms with Crippen LogP contribution in [-0.4, -0.2) is 49.0 Å². The summed E-state index contributed by atoms with van der Waals surface area (Å²) in [4.78, 5) is 18.0. The number of piperidine rings is 1. The first-order chi connectivity index (χ1) is 16.7. The fraction of sp³-hybridized carbons (Fsp3) is 0.417. The van der Waals surface area contributed by atoms with Gasteiger partial charge in [0, 0.05) is 31.3 Å². The Bertz CT molecular complexity index is 1400. The second-order valence-corrected chi connectivity index (χ2v) is 12.0. The minimum atomic E-state index is -3.61. The second-order valence-electron chi connectivity index (χ2n) is 8.34. The number of nitrogens with zero attached hydrogens (tertiary/aromatic N) is 3. The fourth-order valence-electron chi connectivity index (χ4n) is 4.18. The molecule has 1 aromatic heterocycles. The Hall–Kier alpha value is -1.75. The van der Waals surface area contributed by atoms with Gasteiger partial charge in [0.15, 0.2) is 4.80 Å². The standard InChI is InChI=1S/C24H27Cl2N3O4S2/c1-3-33-15-14-28-22-20(12-11-19(25)21(22)26)34-24(28)27-23(30)17-7-9-18(10-8-17)35(31,32)29-13-5-4-6-16(29)2/h7-12,16H,3-6,13-15H2,1-2H3. The number of benzene rings is 2. The van der Waals surface area contributed by atoms with Crippen LogP contribution in [0.1, 0.15) is 43.5 Å². The zero-order chi connectivity index (χ0) is 25.2. The van der Waals surface area contributed by atoms with Crippen LogP contribution < -0.4 is 4.80 Å². The van der Waals surface area contributed by atoms with Crippen molar-refractivity contribution in [3.05, 3.63) is 56.8 Å². The van der Waals surface area contributed by atoms with Gasteiger partial charge < -0.3 is 9.30 Å². The van der Waals surface area contributed by atoms with Gasteiger partial charge in [-0.15, -0.1) is 0 Å². The molecule has 35 heavy (non-hydrogen) atoms. The van der Waals surface area contributed by atoms with Crippen LogP contribution in [0.5, 0.6) is 0 Å². The number of hydrogen-bond acceptors (Lipinski definition) is 5. The Balaban J connectivity index is 1.67. The van der Waals surface area contributed by atoms with Crippen molar-refractivity contribution in [1.82, 2.24) is 8.87 Å². The number of fused-ring (bicyclic) bond motifs is 1. The molecule has 0 saturated carbocycles. The van der Waals surface area contributed by atoms with E-state index in [2.05, 4.69) is 4.99 Å². The van der Waals surface area contributed by atoms with Crippen molar-refractivity contribution in [3.8, 4) is 0 Å². The van der Waals surface area contributed by atoms with Gasteiger partial charge in [-0.1, -0.05) is 41.0 Å². The number of sulfonamides is 1. The lowest BCUT2D eigenvalue weighted by atomic mass is 10.1. The summed E-state index contributed by atoms with van der Waals surface area (Å²) in [5, 5.41) is 0.812. The molecule has 0 N–H and O–H groups in total. The third kappa shape index (κ3) is 5.50. The van der Waals surface area contributed by atoms with Crippen molar-refractivity contribution in [2.24, 2.45) is 4.99 Å². The van der Waals surface area contributed by atoms with Gasteiger partial charge in [-0.2, -0.15) is 9.30 Å². The lowest BCUT2D eigenvalue weighted by Gasteiger charge is -2.32. The van der Waals surface area contributed by atoms with Gasteiger partial charge in [0.05, 0.1) is 31.8 Å². The van der Waals surface area contributed by atoms with Gasteiger partial charge in [-0.05, 0) is 63.1 Å². The third-order valence-corrected chi connectivity index (χ3v) is 9.91. The highest BCUT2D eigenvalue weighted by atomic mass is 35.5. The summed E-state index contributed by atoms with van der Waals surface area (Å²) < 4.78 is 35.9. The number of ether oxygens (including phenoxy) is 1. The van der Waals surface area contributed by atoms with E-state index >= 15 is 0 Å². The smallest absolute Gasteiger partial charge is 0.279 e. The number of carbonyl (C=O) groups excluding carboxylic acids is 1. The van der Waals surface area contributed by atoms with E-state index < -0.39 is 15.9 Å². The first-order valence-electron chi connectivity index (χ1n) is 11.5. The predicted molar refractivity (Wildman–Crippen MR) is 140 cm³/mol.